The lowest BCUT2D eigenvalue weighted by atomic mass is 10.3. The number of hydrogen-bond donors (Lipinski definition) is 1. The van der Waals surface area contributed by atoms with E-state index in [1.807, 2.05) is 25.1 Å². The highest BCUT2D eigenvalue weighted by molar-refractivity contribution is 7.15. The highest BCUT2D eigenvalue weighted by Gasteiger charge is 2.21. The molecule has 0 unspecified atom stereocenters. The van der Waals surface area contributed by atoms with Crippen molar-refractivity contribution in [1.82, 2.24) is 15.3 Å². The van der Waals surface area contributed by atoms with Crippen molar-refractivity contribution in [3.8, 4) is 10.7 Å². The summed E-state index contributed by atoms with van der Waals surface area (Å²) >= 11 is 1.75. The standard InChI is InChI=1S/C14H17N3S/c1-9-4-3-5-12(16-9)14-17-10(2)13(18-14)8-15-11-6-7-11/h3-5,11,15H,6-8H2,1-2H3. The minimum absolute atomic E-state index is 0.743. The molecule has 94 valence electrons. The molecule has 1 aliphatic rings. The number of nitrogens with one attached hydrogen (secondary N) is 1. The first-order valence-corrected chi connectivity index (χ1v) is 7.18. The summed E-state index contributed by atoms with van der Waals surface area (Å²) in [5.41, 5.74) is 3.16. The highest BCUT2D eigenvalue weighted by Crippen LogP contribution is 2.27. The second-order valence-corrected chi connectivity index (χ2v) is 5.93. The molecule has 2 aromatic heterocycles. The molecular weight excluding hydrogens is 242 g/mol. The van der Waals surface area contributed by atoms with Crippen molar-refractivity contribution in [2.45, 2.75) is 39.3 Å². The van der Waals surface area contributed by atoms with Crippen LogP contribution in [0.1, 0.15) is 29.1 Å². The molecule has 1 N–H and O–H groups in total. The Morgan fingerprint density at radius 2 is 2.11 bits per heavy atom. The van der Waals surface area contributed by atoms with Crippen LogP contribution in [0.3, 0.4) is 0 Å². The molecule has 18 heavy (non-hydrogen) atoms. The molecule has 0 bridgehead atoms. The van der Waals surface area contributed by atoms with Crippen molar-refractivity contribution in [3.63, 3.8) is 0 Å². The number of pyridine rings is 1. The Morgan fingerprint density at radius 3 is 2.83 bits per heavy atom. The third-order valence-corrected chi connectivity index (χ3v) is 4.31. The van der Waals surface area contributed by atoms with E-state index >= 15 is 0 Å². The molecule has 3 rings (SSSR count). The van der Waals surface area contributed by atoms with Gasteiger partial charge in [-0.1, -0.05) is 6.07 Å². The van der Waals surface area contributed by atoms with Gasteiger partial charge in [0.1, 0.15) is 5.01 Å². The third kappa shape index (κ3) is 2.60. The molecule has 1 fully saturated rings. The maximum absolute atomic E-state index is 4.64. The molecule has 2 aromatic rings. The monoisotopic (exact) mass is 259 g/mol. The summed E-state index contributed by atoms with van der Waals surface area (Å²) in [5, 5.41) is 4.57. The number of aromatic nitrogens is 2. The zero-order valence-corrected chi connectivity index (χ0v) is 11.5. The summed E-state index contributed by atoms with van der Waals surface area (Å²) in [5.74, 6) is 0. The highest BCUT2D eigenvalue weighted by atomic mass is 32.1. The fourth-order valence-electron chi connectivity index (χ4n) is 1.89. The van der Waals surface area contributed by atoms with Gasteiger partial charge in [-0.3, -0.25) is 4.98 Å². The van der Waals surface area contributed by atoms with Gasteiger partial charge < -0.3 is 5.32 Å². The Morgan fingerprint density at radius 1 is 1.28 bits per heavy atom. The van der Waals surface area contributed by atoms with E-state index in [-0.39, 0.29) is 0 Å². The molecule has 3 nitrogen and oxygen atoms in total. The van der Waals surface area contributed by atoms with Crippen LogP contribution in [-0.2, 0) is 6.54 Å². The lowest BCUT2D eigenvalue weighted by Crippen LogP contribution is -2.14. The molecular formula is C14H17N3S. The van der Waals surface area contributed by atoms with Crippen LogP contribution in [0.2, 0.25) is 0 Å². The number of aryl methyl sites for hydroxylation is 2. The Bertz CT molecular complexity index is 558. The Hall–Kier alpha value is -1.26. The number of rotatable bonds is 4. The zero-order valence-electron chi connectivity index (χ0n) is 10.7. The van der Waals surface area contributed by atoms with Crippen LogP contribution in [0.15, 0.2) is 18.2 Å². The molecule has 1 aliphatic carbocycles. The van der Waals surface area contributed by atoms with Crippen molar-refractivity contribution >= 4 is 11.3 Å². The van der Waals surface area contributed by atoms with Crippen LogP contribution in [0.4, 0.5) is 0 Å². The maximum atomic E-state index is 4.64. The summed E-state index contributed by atoms with van der Waals surface area (Å²) in [6.45, 7) is 5.04. The van der Waals surface area contributed by atoms with E-state index in [4.69, 9.17) is 0 Å². The van der Waals surface area contributed by atoms with Crippen LogP contribution < -0.4 is 5.32 Å². The molecule has 0 atom stereocenters. The van der Waals surface area contributed by atoms with E-state index in [0.717, 1.165) is 34.7 Å². The van der Waals surface area contributed by atoms with Crippen LogP contribution in [0, 0.1) is 13.8 Å². The molecule has 0 aromatic carbocycles. The molecule has 0 radical (unpaired) electrons. The van der Waals surface area contributed by atoms with Crippen LogP contribution >= 0.6 is 11.3 Å². The van der Waals surface area contributed by atoms with E-state index < -0.39 is 0 Å². The Kier molecular flexibility index (Phi) is 3.14. The van der Waals surface area contributed by atoms with Crippen LogP contribution in [-0.4, -0.2) is 16.0 Å². The van der Waals surface area contributed by atoms with E-state index in [1.165, 1.54) is 17.7 Å². The maximum Gasteiger partial charge on any atom is 0.142 e. The van der Waals surface area contributed by atoms with Gasteiger partial charge in [0.15, 0.2) is 0 Å². The average molecular weight is 259 g/mol. The third-order valence-electron chi connectivity index (χ3n) is 3.13. The van der Waals surface area contributed by atoms with Crippen molar-refractivity contribution in [2.75, 3.05) is 0 Å². The van der Waals surface area contributed by atoms with Crippen molar-refractivity contribution in [3.05, 3.63) is 34.5 Å². The lowest BCUT2D eigenvalue weighted by molar-refractivity contribution is 0.691. The molecule has 0 spiro atoms. The number of hydrogen-bond acceptors (Lipinski definition) is 4. The van der Waals surface area contributed by atoms with Gasteiger partial charge in [0.25, 0.3) is 0 Å². The predicted octanol–water partition coefficient (Wildman–Crippen LogP) is 3.07. The Balaban J connectivity index is 1.82. The summed E-state index contributed by atoms with van der Waals surface area (Å²) in [6, 6.07) is 6.83. The minimum Gasteiger partial charge on any atom is -0.309 e. The molecule has 4 heteroatoms. The summed E-state index contributed by atoms with van der Waals surface area (Å²) < 4.78 is 0. The quantitative estimate of drug-likeness (QED) is 0.917. The fraction of sp³-hybridized carbons (Fsp3) is 0.429. The Labute approximate surface area is 111 Å². The van der Waals surface area contributed by atoms with Gasteiger partial charge in [-0.2, -0.15) is 0 Å². The molecule has 0 aliphatic heterocycles. The first-order valence-electron chi connectivity index (χ1n) is 6.36. The first kappa shape index (κ1) is 11.8. The van der Waals surface area contributed by atoms with Crippen LogP contribution in [0.25, 0.3) is 10.7 Å². The second kappa shape index (κ2) is 4.78. The van der Waals surface area contributed by atoms with Crippen molar-refractivity contribution in [2.24, 2.45) is 0 Å². The zero-order chi connectivity index (χ0) is 12.5. The fourth-order valence-corrected chi connectivity index (χ4v) is 2.87. The first-order chi connectivity index (χ1) is 8.72. The molecule has 1 saturated carbocycles. The van der Waals surface area contributed by atoms with E-state index in [2.05, 4.69) is 22.2 Å². The smallest absolute Gasteiger partial charge is 0.142 e. The lowest BCUT2D eigenvalue weighted by Gasteiger charge is -1.99. The largest absolute Gasteiger partial charge is 0.309 e. The normalized spacial score (nSPS) is 15.0. The predicted molar refractivity (Wildman–Crippen MR) is 74.7 cm³/mol. The van der Waals surface area contributed by atoms with Gasteiger partial charge in [0.2, 0.25) is 0 Å². The summed E-state index contributed by atoms with van der Waals surface area (Å²) in [7, 11) is 0. The van der Waals surface area contributed by atoms with E-state index in [0.29, 0.717) is 0 Å². The van der Waals surface area contributed by atoms with Gasteiger partial charge in [-0.15, -0.1) is 11.3 Å². The van der Waals surface area contributed by atoms with Crippen LogP contribution in [0.5, 0.6) is 0 Å². The molecule has 0 saturated heterocycles. The topological polar surface area (TPSA) is 37.8 Å². The minimum atomic E-state index is 0.743. The van der Waals surface area contributed by atoms with Crippen molar-refractivity contribution in [1.29, 1.82) is 0 Å². The van der Waals surface area contributed by atoms with E-state index in [9.17, 15) is 0 Å². The molecule has 2 heterocycles. The number of thiazole rings is 1. The van der Waals surface area contributed by atoms with Gasteiger partial charge in [-0.05, 0) is 38.8 Å². The van der Waals surface area contributed by atoms with Gasteiger partial charge in [-0.25, -0.2) is 4.98 Å². The van der Waals surface area contributed by atoms with E-state index in [1.54, 1.807) is 11.3 Å². The summed E-state index contributed by atoms with van der Waals surface area (Å²) in [6.07, 6.45) is 2.65. The SMILES string of the molecule is Cc1cccc(-c2nc(C)c(CNC3CC3)s2)n1. The number of nitrogens with zero attached hydrogens (tertiary/aromatic N) is 2. The van der Waals surface area contributed by atoms with Crippen molar-refractivity contribution < 1.29 is 0 Å². The second-order valence-electron chi connectivity index (χ2n) is 4.85. The summed E-state index contributed by atoms with van der Waals surface area (Å²) in [4.78, 5) is 10.5. The van der Waals surface area contributed by atoms with Gasteiger partial charge in [0.05, 0.1) is 11.4 Å². The average Bonchev–Trinajstić information content (AvgIpc) is 3.10. The van der Waals surface area contributed by atoms with Gasteiger partial charge in [0, 0.05) is 23.2 Å². The van der Waals surface area contributed by atoms with Gasteiger partial charge >= 0.3 is 0 Å². The molecule has 0 amide bonds.